The lowest BCUT2D eigenvalue weighted by Gasteiger charge is -2.17. The van der Waals surface area contributed by atoms with Crippen molar-refractivity contribution >= 4 is 23.3 Å². The molecule has 0 unspecified atom stereocenters. The van der Waals surface area contributed by atoms with Crippen LogP contribution >= 0.6 is 0 Å². The molecule has 0 atom stereocenters. The number of benzene rings is 1. The number of nitrogens with zero attached hydrogens (tertiary/aromatic N) is 1. The number of rotatable bonds is 2. The van der Waals surface area contributed by atoms with E-state index in [-0.39, 0.29) is 30.2 Å². The van der Waals surface area contributed by atoms with Crippen LogP contribution in [0.3, 0.4) is 0 Å². The molecule has 0 bridgehead atoms. The highest BCUT2D eigenvalue weighted by molar-refractivity contribution is 6.16. The van der Waals surface area contributed by atoms with Crippen LogP contribution in [0.15, 0.2) is 24.3 Å². The zero-order valence-electron chi connectivity index (χ0n) is 9.30. The topological polar surface area (TPSA) is 63.7 Å². The van der Waals surface area contributed by atoms with E-state index in [1.54, 1.807) is 24.3 Å². The first kappa shape index (κ1) is 11.3. The molecule has 0 saturated carbocycles. The molecule has 1 amide bonds. The normalized spacial score (nSPS) is 15.2. The average molecular weight is 233 g/mol. The molecule has 0 radical (unpaired) electrons. The number of Topliss-reactive ketones (excluding diaryl/α,β-unsaturated/α-hetero) is 1. The molecule has 2 rings (SSSR count). The fraction of sp³-hybridized carbons (Fsp3) is 0.250. The molecule has 1 saturated heterocycles. The summed E-state index contributed by atoms with van der Waals surface area (Å²) in [5.41, 5.74) is 0.716. The summed E-state index contributed by atoms with van der Waals surface area (Å²) < 4.78 is 4.64. The first-order chi connectivity index (χ1) is 8.13. The summed E-state index contributed by atoms with van der Waals surface area (Å²) in [6.07, 6.45) is -0.102. The van der Waals surface area contributed by atoms with Gasteiger partial charge in [-0.15, -0.1) is 0 Å². The summed E-state index contributed by atoms with van der Waals surface area (Å²) in [4.78, 5) is 35.7. The Bertz CT molecular complexity index is 495. The number of hydrogen-bond acceptors (Lipinski definition) is 4. The smallest absolute Gasteiger partial charge is 0.339 e. The Morgan fingerprint density at radius 3 is 2.59 bits per heavy atom. The van der Waals surface area contributed by atoms with Gasteiger partial charge in [-0.1, -0.05) is 12.1 Å². The zero-order valence-corrected chi connectivity index (χ0v) is 9.30. The van der Waals surface area contributed by atoms with Crippen molar-refractivity contribution < 1.29 is 19.1 Å². The van der Waals surface area contributed by atoms with Crippen LogP contribution in [-0.2, 0) is 14.3 Å². The van der Waals surface area contributed by atoms with Gasteiger partial charge in [-0.05, 0) is 12.1 Å². The largest absolute Gasteiger partial charge is 0.465 e. The molecule has 1 heterocycles. The fourth-order valence-corrected chi connectivity index (χ4v) is 1.80. The molecule has 1 aliphatic heterocycles. The summed E-state index contributed by atoms with van der Waals surface area (Å²) in [6.45, 7) is 0.0207. The summed E-state index contributed by atoms with van der Waals surface area (Å²) in [7, 11) is 1.27. The second kappa shape index (κ2) is 4.37. The number of methoxy groups -OCH3 is 1. The van der Waals surface area contributed by atoms with Crippen LogP contribution in [0.4, 0.5) is 5.69 Å². The minimum absolute atomic E-state index is 0.0207. The number of esters is 1. The van der Waals surface area contributed by atoms with Crippen molar-refractivity contribution in [3.63, 3.8) is 0 Å². The minimum Gasteiger partial charge on any atom is -0.465 e. The number of hydrogen-bond donors (Lipinski definition) is 0. The van der Waals surface area contributed by atoms with Gasteiger partial charge in [0, 0.05) is 0 Å². The maximum Gasteiger partial charge on any atom is 0.339 e. The van der Waals surface area contributed by atoms with Crippen LogP contribution in [0.5, 0.6) is 0 Å². The second-order valence-corrected chi connectivity index (χ2v) is 3.70. The second-order valence-electron chi connectivity index (χ2n) is 3.70. The van der Waals surface area contributed by atoms with Gasteiger partial charge in [0.1, 0.15) is 0 Å². The molecule has 0 spiro atoms. The van der Waals surface area contributed by atoms with Gasteiger partial charge in [-0.25, -0.2) is 4.79 Å². The number of ether oxygens (including phenoxy) is 1. The van der Waals surface area contributed by atoms with Crippen molar-refractivity contribution in [1.29, 1.82) is 0 Å². The maximum atomic E-state index is 11.6. The SMILES string of the molecule is COC(=O)c1ccccc1N1CC(=O)CC1=O. The van der Waals surface area contributed by atoms with Gasteiger partial charge in [0.05, 0.1) is 31.3 Å². The summed E-state index contributed by atoms with van der Waals surface area (Å²) in [6, 6.07) is 6.58. The molecular formula is C12H11NO4. The van der Waals surface area contributed by atoms with Crippen molar-refractivity contribution in [2.45, 2.75) is 6.42 Å². The van der Waals surface area contributed by atoms with Gasteiger partial charge in [0.25, 0.3) is 0 Å². The molecule has 1 fully saturated rings. The van der Waals surface area contributed by atoms with Crippen molar-refractivity contribution in [3.8, 4) is 0 Å². The molecule has 0 N–H and O–H groups in total. The zero-order chi connectivity index (χ0) is 12.4. The first-order valence-corrected chi connectivity index (χ1v) is 5.13. The fourth-order valence-electron chi connectivity index (χ4n) is 1.80. The van der Waals surface area contributed by atoms with Crippen LogP contribution in [0.1, 0.15) is 16.8 Å². The molecule has 88 valence electrons. The standard InChI is InChI=1S/C12H11NO4/c1-17-12(16)9-4-2-3-5-10(9)13-7-8(14)6-11(13)15/h2-5H,6-7H2,1H3. The highest BCUT2D eigenvalue weighted by Crippen LogP contribution is 2.24. The third kappa shape index (κ3) is 2.04. The minimum atomic E-state index is -0.521. The third-order valence-corrected chi connectivity index (χ3v) is 2.58. The van der Waals surface area contributed by atoms with Gasteiger partial charge in [0.2, 0.25) is 5.91 Å². The van der Waals surface area contributed by atoms with Gasteiger partial charge in [-0.3, -0.25) is 9.59 Å². The molecular weight excluding hydrogens is 222 g/mol. The molecule has 17 heavy (non-hydrogen) atoms. The van der Waals surface area contributed by atoms with Crippen molar-refractivity contribution in [2.24, 2.45) is 0 Å². The van der Waals surface area contributed by atoms with Crippen molar-refractivity contribution in [2.75, 3.05) is 18.6 Å². The van der Waals surface area contributed by atoms with Crippen molar-refractivity contribution in [3.05, 3.63) is 29.8 Å². The van der Waals surface area contributed by atoms with Gasteiger partial charge in [-0.2, -0.15) is 0 Å². The van der Waals surface area contributed by atoms with E-state index in [4.69, 9.17) is 0 Å². The average Bonchev–Trinajstić information content (AvgIpc) is 2.67. The van der Waals surface area contributed by atoms with Gasteiger partial charge in [0.15, 0.2) is 5.78 Å². The molecule has 1 aromatic carbocycles. The van der Waals surface area contributed by atoms with E-state index in [9.17, 15) is 14.4 Å². The summed E-state index contributed by atoms with van der Waals surface area (Å²) in [5, 5.41) is 0. The molecule has 5 nitrogen and oxygen atoms in total. The van der Waals surface area contributed by atoms with Crippen molar-refractivity contribution in [1.82, 2.24) is 0 Å². The number of amides is 1. The Morgan fingerprint density at radius 1 is 1.29 bits per heavy atom. The van der Waals surface area contributed by atoms with Crippen LogP contribution < -0.4 is 4.90 Å². The van der Waals surface area contributed by atoms with E-state index >= 15 is 0 Å². The lowest BCUT2D eigenvalue weighted by Crippen LogP contribution is -2.26. The summed E-state index contributed by atoms with van der Waals surface area (Å²) >= 11 is 0. The van der Waals surface area contributed by atoms with Crippen LogP contribution in [0.2, 0.25) is 0 Å². The molecule has 0 aromatic heterocycles. The quantitative estimate of drug-likeness (QED) is 0.559. The van der Waals surface area contributed by atoms with E-state index in [1.165, 1.54) is 12.0 Å². The lowest BCUT2D eigenvalue weighted by atomic mass is 10.1. The van der Waals surface area contributed by atoms with E-state index in [0.717, 1.165) is 0 Å². The van der Waals surface area contributed by atoms with Gasteiger partial charge < -0.3 is 9.64 Å². The highest BCUT2D eigenvalue weighted by atomic mass is 16.5. The van der Waals surface area contributed by atoms with Gasteiger partial charge >= 0.3 is 5.97 Å². The Labute approximate surface area is 98.0 Å². The highest BCUT2D eigenvalue weighted by Gasteiger charge is 2.31. The number of carbonyl (C=O) groups excluding carboxylic acids is 3. The van der Waals surface area contributed by atoms with E-state index < -0.39 is 5.97 Å². The van der Waals surface area contributed by atoms with Crippen LogP contribution in [0.25, 0.3) is 0 Å². The predicted molar refractivity (Wildman–Crippen MR) is 59.8 cm³/mol. The van der Waals surface area contributed by atoms with E-state index in [2.05, 4.69) is 4.74 Å². The first-order valence-electron chi connectivity index (χ1n) is 5.13. The molecule has 1 aromatic rings. The Balaban J connectivity index is 2.42. The predicted octanol–water partition coefficient (Wildman–Crippen LogP) is 0.779. The third-order valence-electron chi connectivity index (χ3n) is 2.58. The Hall–Kier alpha value is -2.17. The monoisotopic (exact) mass is 233 g/mol. The van der Waals surface area contributed by atoms with E-state index in [0.29, 0.717) is 5.69 Å². The number of carbonyl (C=O) groups is 3. The lowest BCUT2D eigenvalue weighted by molar-refractivity contribution is -0.121. The Kier molecular flexibility index (Phi) is 2.91. The number of para-hydroxylation sites is 1. The number of ketones is 1. The molecule has 1 aliphatic rings. The Morgan fingerprint density at radius 2 is 2.00 bits per heavy atom. The molecule has 0 aliphatic carbocycles. The maximum absolute atomic E-state index is 11.6. The van der Waals surface area contributed by atoms with E-state index in [1.807, 2.05) is 0 Å². The molecule has 5 heteroatoms. The van der Waals surface area contributed by atoms with Crippen LogP contribution in [-0.4, -0.2) is 31.3 Å². The number of anilines is 1. The van der Waals surface area contributed by atoms with Crippen LogP contribution in [0, 0.1) is 0 Å². The summed E-state index contributed by atoms with van der Waals surface area (Å²) in [5.74, 6) is -0.950.